The first kappa shape index (κ1) is 14.5. The van der Waals surface area contributed by atoms with E-state index in [0.717, 1.165) is 18.5 Å². The van der Waals surface area contributed by atoms with Crippen LogP contribution >= 0.6 is 0 Å². The van der Waals surface area contributed by atoms with Crippen molar-refractivity contribution >= 4 is 11.6 Å². The number of hydrogen-bond acceptors (Lipinski definition) is 2. The molecule has 0 radical (unpaired) electrons. The summed E-state index contributed by atoms with van der Waals surface area (Å²) in [4.78, 5) is 16.2. The number of imidazole rings is 1. The molecule has 1 N–H and O–H groups in total. The average Bonchev–Trinajstić information content (AvgIpc) is 2.82. The number of nitrogens with one attached hydrogen (secondary N) is 1. The fraction of sp³-hybridized carbons (Fsp3) is 0.467. The van der Waals surface area contributed by atoms with Crippen molar-refractivity contribution < 1.29 is 9.18 Å². The minimum absolute atomic E-state index is 0.0881. The van der Waals surface area contributed by atoms with E-state index in [9.17, 15) is 9.18 Å². The van der Waals surface area contributed by atoms with Crippen LogP contribution in [0.4, 0.5) is 4.39 Å². The van der Waals surface area contributed by atoms with E-state index in [2.05, 4.69) is 10.3 Å². The van der Waals surface area contributed by atoms with E-state index in [1.807, 2.05) is 13.8 Å². The summed E-state index contributed by atoms with van der Waals surface area (Å²) in [6, 6.07) is 3.03. The molecular weight excluding hydrogens is 257 g/mol. The van der Waals surface area contributed by atoms with Gasteiger partial charge >= 0.3 is 0 Å². The molecule has 0 aliphatic rings. The van der Waals surface area contributed by atoms with E-state index in [1.54, 1.807) is 16.7 Å². The van der Waals surface area contributed by atoms with Crippen LogP contribution in [0.2, 0.25) is 0 Å². The number of halogens is 1. The molecule has 4 nitrogen and oxygen atoms in total. The molecule has 0 aliphatic carbocycles. The maximum absolute atomic E-state index is 13.1. The number of carbonyl (C=O) groups excluding carboxylic acids is 1. The van der Waals surface area contributed by atoms with Crippen molar-refractivity contribution in [3.8, 4) is 0 Å². The molecule has 0 bridgehead atoms. The second kappa shape index (κ2) is 6.50. The van der Waals surface area contributed by atoms with Gasteiger partial charge in [0.1, 0.15) is 11.5 Å². The van der Waals surface area contributed by atoms with Crippen LogP contribution in [0, 0.1) is 11.7 Å². The maximum atomic E-state index is 13.1. The Hall–Kier alpha value is -1.91. The van der Waals surface area contributed by atoms with Crippen LogP contribution in [0.3, 0.4) is 0 Å². The highest BCUT2D eigenvalue weighted by atomic mass is 19.1. The Morgan fingerprint density at radius 1 is 1.35 bits per heavy atom. The second-order valence-electron chi connectivity index (χ2n) is 4.90. The van der Waals surface area contributed by atoms with Crippen molar-refractivity contribution in [1.82, 2.24) is 14.7 Å². The Bertz CT molecular complexity index is 590. The van der Waals surface area contributed by atoms with Gasteiger partial charge in [0.25, 0.3) is 0 Å². The molecule has 0 aliphatic heterocycles. The molecule has 0 fully saturated rings. The molecule has 108 valence electrons. The molecule has 2 rings (SSSR count). The van der Waals surface area contributed by atoms with Gasteiger partial charge in [-0.15, -0.1) is 0 Å². The quantitative estimate of drug-likeness (QED) is 0.882. The first-order valence-corrected chi connectivity index (χ1v) is 7.04. The second-order valence-corrected chi connectivity index (χ2v) is 4.90. The summed E-state index contributed by atoms with van der Waals surface area (Å²) in [5.41, 5.74) is 1.56. The van der Waals surface area contributed by atoms with E-state index in [4.69, 9.17) is 0 Å². The third-order valence-electron chi connectivity index (χ3n) is 3.50. The molecule has 2 aromatic heterocycles. The van der Waals surface area contributed by atoms with Crippen LogP contribution in [0.15, 0.2) is 24.5 Å². The Kier molecular flexibility index (Phi) is 4.71. The molecule has 0 saturated carbocycles. The van der Waals surface area contributed by atoms with Gasteiger partial charge in [0.2, 0.25) is 5.91 Å². The first-order valence-electron chi connectivity index (χ1n) is 7.04. The number of pyridine rings is 1. The molecule has 0 unspecified atom stereocenters. The van der Waals surface area contributed by atoms with Crippen molar-refractivity contribution in [2.75, 3.05) is 6.54 Å². The number of amides is 1. The number of aromatic nitrogens is 2. The third kappa shape index (κ3) is 3.35. The zero-order valence-electron chi connectivity index (χ0n) is 11.9. The lowest BCUT2D eigenvalue weighted by molar-refractivity contribution is -0.125. The topological polar surface area (TPSA) is 46.4 Å². The predicted octanol–water partition coefficient (Wildman–Crippen LogP) is 2.57. The van der Waals surface area contributed by atoms with Gasteiger partial charge in [-0.1, -0.05) is 13.8 Å². The zero-order chi connectivity index (χ0) is 14.5. The fourth-order valence-electron chi connectivity index (χ4n) is 2.26. The van der Waals surface area contributed by atoms with Gasteiger partial charge in [0.15, 0.2) is 0 Å². The summed E-state index contributed by atoms with van der Waals surface area (Å²) in [6.45, 7) is 4.59. The van der Waals surface area contributed by atoms with E-state index >= 15 is 0 Å². The lowest BCUT2D eigenvalue weighted by atomic mass is 10.0. The van der Waals surface area contributed by atoms with Crippen molar-refractivity contribution in [1.29, 1.82) is 0 Å². The van der Waals surface area contributed by atoms with Crippen LogP contribution in [0.5, 0.6) is 0 Å². The van der Waals surface area contributed by atoms with E-state index in [-0.39, 0.29) is 17.6 Å². The fourth-order valence-corrected chi connectivity index (χ4v) is 2.26. The molecule has 2 heterocycles. The van der Waals surface area contributed by atoms with Gasteiger partial charge in [-0.3, -0.25) is 4.79 Å². The zero-order valence-corrected chi connectivity index (χ0v) is 11.9. The van der Waals surface area contributed by atoms with Crippen molar-refractivity contribution in [3.05, 3.63) is 36.0 Å². The summed E-state index contributed by atoms with van der Waals surface area (Å²) < 4.78 is 14.7. The highest BCUT2D eigenvalue weighted by Crippen LogP contribution is 2.08. The summed E-state index contributed by atoms with van der Waals surface area (Å²) in [6.07, 6.45) is 5.55. The molecule has 0 aromatic carbocycles. The standard InChI is InChI=1S/C15H20FN3O/c1-3-11(4-2)15(20)17-8-7-13-10-19-9-12(16)5-6-14(19)18-13/h5-6,9-11H,3-4,7-8H2,1-2H3,(H,17,20). The predicted molar refractivity (Wildman–Crippen MR) is 75.9 cm³/mol. The average molecular weight is 277 g/mol. The van der Waals surface area contributed by atoms with Gasteiger partial charge in [-0.25, -0.2) is 9.37 Å². The summed E-state index contributed by atoms with van der Waals surface area (Å²) in [5.74, 6) is -0.0986. The molecule has 20 heavy (non-hydrogen) atoms. The SMILES string of the molecule is CCC(CC)C(=O)NCCc1cn2cc(F)ccc2n1. The monoisotopic (exact) mass is 277 g/mol. The lowest BCUT2D eigenvalue weighted by Gasteiger charge is -2.11. The lowest BCUT2D eigenvalue weighted by Crippen LogP contribution is -2.31. The van der Waals surface area contributed by atoms with Crippen molar-refractivity contribution in [2.24, 2.45) is 5.92 Å². The Morgan fingerprint density at radius 3 is 2.80 bits per heavy atom. The summed E-state index contributed by atoms with van der Waals surface area (Å²) >= 11 is 0. The van der Waals surface area contributed by atoms with Crippen LogP contribution in [0.1, 0.15) is 32.4 Å². The Balaban J connectivity index is 1.91. The van der Waals surface area contributed by atoms with Gasteiger partial charge < -0.3 is 9.72 Å². The van der Waals surface area contributed by atoms with Gasteiger partial charge in [-0.05, 0) is 25.0 Å². The Morgan fingerprint density at radius 2 is 2.10 bits per heavy atom. The summed E-state index contributed by atoms with van der Waals surface area (Å²) in [7, 11) is 0. The van der Waals surface area contributed by atoms with Crippen LogP contribution in [-0.4, -0.2) is 21.8 Å². The number of fused-ring (bicyclic) bond motifs is 1. The van der Waals surface area contributed by atoms with Crippen LogP contribution < -0.4 is 5.32 Å². The molecule has 1 amide bonds. The molecule has 2 aromatic rings. The number of carbonyl (C=O) groups is 1. The van der Waals surface area contributed by atoms with Crippen molar-refractivity contribution in [2.45, 2.75) is 33.1 Å². The normalized spacial score (nSPS) is 11.2. The number of nitrogens with zero attached hydrogens (tertiary/aromatic N) is 2. The number of rotatable bonds is 6. The molecular formula is C15H20FN3O. The van der Waals surface area contributed by atoms with E-state index in [0.29, 0.717) is 18.6 Å². The van der Waals surface area contributed by atoms with Crippen molar-refractivity contribution in [3.63, 3.8) is 0 Å². The summed E-state index contributed by atoms with van der Waals surface area (Å²) in [5, 5.41) is 2.93. The largest absolute Gasteiger partial charge is 0.355 e. The highest BCUT2D eigenvalue weighted by Gasteiger charge is 2.13. The molecule has 5 heteroatoms. The minimum Gasteiger partial charge on any atom is -0.355 e. The third-order valence-corrected chi connectivity index (χ3v) is 3.50. The van der Waals surface area contributed by atoms with Gasteiger partial charge in [-0.2, -0.15) is 0 Å². The van der Waals surface area contributed by atoms with E-state index in [1.165, 1.54) is 12.3 Å². The Labute approximate surface area is 118 Å². The first-order chi connectivity index (χ1) is 9.63. The van der Waals surface area contributed by atoms with Gasteiger partial charge in [0.05, 0.1) is 5.69 Å². The molecule has 0 atom stereocenters. The van der Waals surface area contributed by atoms with E-state index < -0.39 is 0 Å². The smallest absolute Gasteiger partial charge is 0.223 e. The molecule has 0 saturated heterocycles. The van der Waals surface area contributed by atoms with Gasteiger partial charge in [0, 0.05) is 31.3 Å². The minimum atomic E-state index is -0.288. The maximum Gasteiger partial charge on any atom is 0.223 e. The molecule has 0 spiro atoms. The number of hydrogen-bond donors (Lipinski definition) is 1. The highest BCUT2D eigenvalue weighted by molar-refractivity contribution is 5.78. The van der Waals surface area contributed by atoms with Crippen LogP contribution in [-0.2, 0) is 11.2 Å². The van der Waals surface area contributed by atoms with Crippen LogP contribution in [0.25, 0.3) is 5.65 Å².